The number of carbonyl (C=O) groups excluding carboxylic acids is 2. The number of rotatable bonds is 6. The molecule has 1 heterocycles. The van der Waals surface area contributed by atoms with E-state index in [2.05, 4.69) is 31.9 Å². The topological polar surface area (TPSA) is 59.1 Å². The molecule has 0 radical (unpaired) electrons. The summed E-state index contributed by atoms with van der Waals surface area (Å²) in [6.45, 7) is 5.40. The van der Waals surface area contributed by atoms with E-state index < -0.39 is 12.2 Å². The highest BCUT2D eigenvalue weighted by molar-refractivity contribution is 9.10. The van der Waals surface area contributed by atoms with Crippen LogP contribution in [0.5, 0.6) is 11.5 Å². The Morgan fingerprint density at radius 3 is 1.55 bits per heavy atom. The molecule has 2 aromatic carbocycles. The molecule has 1 aliphatic rings. The average molecular weight is 623 g/mol. The molecule has 178 valence electrons. The van der Waals surface area contributed by atoms with Crippen molar-refractivity contribution in [3.05, 3.63) is 55.4 Å². The lowest BCUT2D eigenvalue weighted by Crippen LogP contribution is -2.45. The van der Waals surface area contributed by atoms with Gasteiger partial charge < -0.3 is 19.3 Å². The molecule has 0 bridgehead atoms. The number of hydrogen-bond acceptors (Lipinski definition) is 4. The molecule has 10 heteroatoms. The predicted octanol–water partition coefficient (Wildman–Crippen LogP) is 5.81. The monoisotopic (exact) mass is 620 g/mol. The normalized spacial score (nSPS) is 16.1. The highest BCUT2D eigenvalue weighted by Gasteiger charge is 2.29. The standard InChI is InChI=1S/C23H24Br2Cl2N2O4/c1-14(32-20-6-4-16(26)12-18(20)24)22(30)28-8-3-9-29(11-10-28)23(31)15(2)33-21-7-5-17(27)13-19(21)25/h4-7,12-15H,3,8-11H2,1-2H3. The van der Waals surface area contributed by atoms with Gasteiger partial charge in [-0.05, 0) is 88.5 Å². The minimum Gasteiger partial charge on any atom is -0.480 e. The molecule has 2 aromatic rings. The highest BCUT2D eigenvalue weighted by Crippen LogP contribution is 2.30. The van der Waals surface area contributed by atoms with Crippen molar-refractivity contribution in [1.82, 2.24) is 9.80 Å². The molecule has 0 N–H and O–H groups in total. The zero-order valence-electron chi connectivity index (χ0n) is 18.2. The van der Waals surface area contributed by atoms with Gasteiger partial charge in [0.25, 0.3) is 11.8 Å². The van der Waals surface area contributed by atoms with Gasteiger partial charge in [-0.25, -0.2) is 0 Å². The van der Waals surface area contributed by atoms with Crippen LogP contribution < -0.4 is 9.47 Å². The largest absolute Gasteiger partial charge is 0.480 e. The zero-order chi connectivity index (χ0) is 24.1. The molecular formula is C23H24Br2Cl2N2O4. The molecule has 0 aromatic heterocycles. The second-order valence-electron chi connectivity index (χ2n) is 7.67. The number of benzene rings is 2. The van der Waals surface area contributed by atoms with Crippen molar-refractivity contribution in [3.63, 3.8) is 0 Å². The highest BCUT2D eigenvalue weighted by atomic mass is 79.9. The van der Waals surface area contributed by atoms with E-state index in [1.165, 1.54) is 0 Å². The number of amides is 2. The lowest BCUT2D eigenvalue weighted by molar-refractivity contribution is -0.140. The first-order valence-electron chi connectivity index (χ1n) is 10.5. The Labute approximate surface area is 220 Å². The Balaban J connectivity index is 1.56. The van der Waals surface area contributed by atoms with Crippen LogP contribution in [0.1, 0.15) is 20.3 Å². The number of halogens is 4. The average Bonchev–Trinajstić information content (AvgIpc) is 3.02. The van der Waals surface area contributed by atoms with Crippen molar-refractivity contribution in [2.45, 2.75) is 32.5 Å². The molecule has 1 fully saturated rings. The molecule has 0 aliphatic carbocycles. The third-order valence-electron chi connectivity index (χ3n) is 5.21. The molecule has 3 rings (SSSR count). The summed E-state index contributed by atoms with van der Waals surface area (Å²) < 4.78 is 13.1. The molecular weight excluding hydrogens is 599 g/mol. The Morgan fingerprint density at radius 2 is 1.18 bits per heavy atom. The summed E-state index contributed by atoms with van der Waals surface area (Å²) in [4.78, 5) is 29.4. The van der Waals surface area contributed by atoms with E-state index in [-0.39, 0.29) is 11.8 Å². The van der Waals surface area contributed by atoms with Crippen LogP contribution in [0.15, 0.2) is 45.3 Å². The fourth-order valence-corrected chi connectivity index (χ4v) is 5.05. The van der Waals surface area contributed by atoms with E-state index >= 15 is 0 Å². The van der Waals surface area contributed by atoms with Gasteiger partial charge >= 0.3 is 0 Å². The molecule has 0 spiro atoms. The molecule has 6 nitrogen and oxygen atoms in total. The van der Waals surface area contributed by atoms with E-state index in [0.717, 1.165) is 0 Å². The minimum absolute atomic E-state index is 0.124. The van der Waals surface area contributed by atoms with Crippen molar-refractivity contribution in [3.8, 4) is 11.5 Å². The molecule has 2 atom stereocenters. The van der Waals surface area contributed by atoms with Gasteiger partial charge in [0.05, 0.1) is 8.95 Å². The quantitative estimate of drug-likeness (QED) is 0.408. The number of nitrogens with zero attached hydrogens (tertiary/aromatic N) is 2. The van der Waals surface area contributed by atoms with Gasteiger partial charge in [-0.1, -0.05) is 23.2 Å². The van der Waals surface area contributed by atoms with E-state index in [4.69, 9.17) is 32.7 Å². The van der Waals surface area contributed by atoms with Gasteiger partial charge in [-0.3, -0.25) is 9.59 Å². The lowest BCUT2D eigenvalue weighted by Gasteiger charge is -2.26. The summed E-state index contributed by atoms with van der Waals surface area (Å²) in [5.41, 5.74) is 0. The fraction of sp³-hybridized carbons (Fsp3) is 0.391. The van der Waals surface area contributed by atoms with E-state index in [0.29, 0.717) is 63.1 Å². The van der Waals surface area contributed by atoms with Crippen LogP contribution in [0.2, 0.25) is 10.0 Å². The second kappa shape index (κ2) is 11.8. The second-order valence-corrected chi connectivity index (χ2v) is 10.3. The molecule has 0 saturated carbocycles. The number of ether oxygens (including phenoxy) is 2. The fourth-order valence-electron chi connectivity index (χ4n) is 3.50. The van der Waals surface area contributed by atoms with Crippen LogP contribution in [-0.4, -0.2) is 60.0 Å². The SMILES string of the molecule is CC(Oc1ccc(Cl)cc1Br)C(=O)N1CCCN(C(=O)C(C)Oc2ccc(Cl)cc2Br)CC1. The summed E-state index contributed by atoms with van der Waals surface area (Å²) >= 11 is 18.7. The van der Waals surface area contributed by atoms with Crippen LogP contribution in [0.4, 0.5) is 0 Å². The summed E-state index contributed by atoms with van der Waals surface area (Å²) in [5.74, 6) is 0.846. The van der Waals surface area contributed by atoms with Gasteiger partial charge in [-0.2, -0.15) is 0 Å². The van der Waals surface area contributed by atoms with Gasteiger partial charge in [0.15, 0.2) is 12.2 Å². The predicted molar refractivity (Wildman–Crippen MR) is 136 cm³/mol. The third kappa shape index (κ3) is 7.01. The summed E-state index contributed by atoms with van der Waals surface area (Å²) in [5, 5.41) is 1.15. The Bertz CT molecular complexity index is 944. The first kappa shape index (κ1) is 26.1. The molecule has 33 heavy (non-hydrogen) atoms. The van der Waals surface area contributed by atoms with Crippen molar-refractivity contribution in [2.75, 3.05) is 26.2 Å². The van der Waals surface area contributed by atoms with Crippen LogP contribution in [0.3, 0.4) is 0 Å². The number of carbonyl (C=O) groups is 2. The van der Waals surface area contributed by atoms with Crippen LogP contribution >= 0.6 is 55.1 Å². The number of hydrogen-bond donors (Lipinski definition) is 0. The summed E-state index contributed by atoms with van der Waals surface area (Å²) in [6.07, 6.45) is -0.671. The lowest BCUT2D eigenvalue weighted by atomic mass is 10.3. The van der Waals surface area contributed by atoms with Crippen LogP contribution in [0.25, 0.3) is 0 Å². The maximum absolute atomic E-state index is 13.0. The van der Waals surface area contributed by atoms with Gasteiger partial charge in [0.1, 0.15) is 11.5 Å². The molecule has 1 aliphatic heterocycles. The Hall–Kier alpha value is -1.48. The molecule has 2 unspecified atom stereocenters. The summed E-state index contributed by atoms with van der Waals surface area (Å²) in [7, 11) is 0. The van der Waals surface area contributed by atoms with E-state index in [1.807, 2.05) is 0 Å². The Morgan fingerprint density at radius 1 is 0.788 bits per heavy atom. The summed E-state index contributed by atoms with van der Waals surface area (Å²) in [6, 6.07) is 10.3. The van der Waals surface area contributed by atoms with E-state index in [1.54, 1.807) is 60.0 Å². The van der Waals surface area contributed by atoms with E-state index in [9.17, 15) is 9.59 Å². The first-order chi connectivity index (χ1) is 15.7. The maximum atomic E-state index is 13.0. The third-order valence-corrected chi connectivity index (χ3v) is 6.92. The first-order valence-corrected chi connectivity index (χ1v) is 12.8. The molecule has 2 amide bonds. The maximum Gasteiger partial charge on any atom is 0.263 e. The van der Waals surface area contributed by atoms with Gasteiger partial charge in [0.2, 0.25) is 0 Å². The van der Waals surface area contributed by atoms with Crippen molar-refractivity contribution in [2.24, 2.45) is 0 Å². The van der Waals surface area contributed by atoms with Crippen LogP contribution in [0, 0.1) is 0 Å². The smallest absolute Gasteiger partial charge is 0.263 e. The zero-order valence-corrected chi connectivity index (χ0v) is 22.9. The van der Waals surface area contributed by atoms with Crippen molar-refractivity contribution in [1.29, 1.82) is 0 Å². The Kier molecular flexibility index (Phi) is 9.33. The van der Waals surface area contributed by atoms with Crippen molar-refractivity contribution < 1.29 is 19.1 Å². The van der Waals surface area contributed by atoms with Gasteiger partial charge in [-0.15, -0.1) is 0 Å². The molecule has 1 saturated heterocycles. The van der Waals surface area contributed by atoms with Gasteiger partial charge in [0, 0.05) is 36.2 Å². The van der Waals surface area contributed by atoms with Crippen LogP contribution in [-0.2, 0) is 9.59 Å². The minimum atomic E-state index is -0.672. The van der Waals surface area contributed by atoms with Crippen molar-refractivity contribution >= 4 is 66.9 Å².